The molecular weight excluding hydrogens is 406 g/mol. The number of amides is 2. The van der Waals surface area contributed by atoms with Crippen LogP contribution in [0.4, 0.5) is 0 Å². The van der Waals surface area contributed by atoms with Crippen LogP contribution in [0.5, 0.6) is 0 Å². The molecule has 0 bridgehead atoms. The van der Waals surface area contributed by atoms with E-state index >= 15 is 0 Å². The van der Waals surface area contributed by atoms with Gasteiger partial charge in [0.2, 0.25) is 11.8 Å². The van der Waals surface area contributed by atoms with Crippen molar-refractivity contribution in [3.05, 3.63) is 53.8 Å². The van der Waals surface area contributed by atoms with E-state index < -0.39 is 0 Å². The summed E-state index contributed by atoms with van der Waals surface area (Å²) in [6.45, 7) is 7.28. The molecule has 1 fully saturated rings. The number of nitrogens with zero attached hydrogens (tertiary/aromatic N) is 5. The molecule has 1 aromatic carbocycles. The molecule has 1 unspecified atom stereocenters. The third kappa shape index (κ3) is 4.79. The van der Waals surface area contributed by atoms with Gasteiger partial charge in [0.05, 0.1) is 5.52 Å². The Morgan fingerprint density at radius 3 is 2.88 bits per heavy atom. The van der Waals surface area contributed by atoms with Gasteiger partial charge in [0.25, 0.3) is 5.91 Å². The number of pyridine rings is 1. The van der Waals surface area contributed by atoms with Crippen molar-refractivity contribution in [2.45, 2.75) is 52.0 Å². The van der Waals surface area contributed by atoms with Gasteiger partial charge in [-0.25, -0.2) is 0 Å². The van der Waals surface area contributed by atoms with Crippen molar-refractivity contribution < 1.29 is 14.1 Å². The average Bonchev–Trinajstić information content (AvgIpc) is 3.28. The molecule has 1 saturated heterocycles. The molecule has 0 N–H and O–H groups in total. The lowest BCUT2D eigenvalue weighted by Crippen LogP contribution is -2.51. The first-order valence-corrected chi connectivity index (χ1v) is 11.2. The number of likely N-dealkylation sites (tertiary alicyclic amines) is 1. The Labute approximate surface area is 187 Å². The summed E-state index contributed by atoms with van der Waals surface area (Å²) in [5.74, 6) is 1.36. The standard InChI is InChI=1S/C24H29N5O3/c1-16(2)23-26-22(27-32-23)10-13-29(17(3)30)20-7-5-12-28(15-20)24(31)19-8-9-21-18(14-19)6-4-11-25-21/h4,6,8-9,11,14,16,20H,5,7,10,12-13,15H2,1-3H3. The largest absolute Gasteiger partial charge is 0.339 e. The van der Waals surface area contributed by atoms with Gasteiger partial charge in [0.1, 0.15) is 0 Å². The van der Waals surface area contributed by atoms with Gasteiger partial charge < -0.3 is 14.3 Å². The van der Waals surface area contributed by atoms with Crippen LogP contribution in [0.25, 0.3) is 10.9 Å². The number of carbonyl (C=O) groups is 2. The quantitative estimate of drug-likeness (QED) is 0.589. The lowest BCUT2D eigenvalue weighted by molar-refractivity contribution is -0.132. The number of fused-ring (bicyclic) bond motifs is 1. The van der Waals surface area contributed by atoms with Crippen molar-refractivity contribution in [2.24, 2.45) is 0 Å². The topological polar surface area (TPSA) is 92.4 Å². The van der Waals surface area contributed by atoms with Crippen molar-refractivity contribution in [1.29, 1.82) is 0 Å². The summed E-state index contributed by atoms with van der Waals surface area (Å²) in [6.07, 6.45) is 4.00. The summed E-state index contributed by atoms with van der Waals surface area (Å²) < 4.78 is 5.27. The molecule has 0 radical (unpaired) electrons. The highest BCUT2D eigenvalue weighted by Gasteiger charge is 2.30. The van der Waals surface area contributed by atoms with Crippen molar-refractivity contribution in [2.75, 3.05) is 19.6 Å². The highest BCUT2D eigenvalue weighted by Crippen LogP contribution is 2.21. The summed E-state index contributed by atoms with van der Waals surface area (Å²) in [5, 5.41) is 4.97. The van der Waals surface area contributed by atoms with Crippen molar-refractivity contribution in [1.82, 2.24) is 24.9 Å². The number of carbonyl (C=O) groups excluding carboxylic acids is 2. The Balaban J connectivity index is 1.44. The molecule has 2 aromatic heterocycles. The molecule has 0 saturated carbocycles. The third-order valence-electron chi connectivity index (χ3n) is 5.93. The Morgan fingerprint density at radius 2 is 2.12 bits per heavy atom. The molecule has 3 heterocycles. The average molecular weight is 436 g/mol. The van der Waals surface area contributed by atoms with Crippen LogP contribution in [0.3, 0.4) is 0 Å². The molecule has 8 nitrogen and oxygen atoms in total. The van der Waals surface area contributed by atoms with E-state index in [0.29, 0.717) is 43.3 Å². The van der Waals surface area contributed by atoms with E-state index in [1.54, 1.807) is 13.1 Å². The summed E-state index contributed by atoms with van der Waals surface area (Å²) >= 11 is 0. The molecule has 168 valence electrons. The van der Waals surface area contributed by atoms with E-state index in [0.717, 1.165) is 23.7 Å². The monoisotopic (exact) mass is 435 g/mol. The van der Waals surface area contributed by atoms with Gasteiger partial charge in [0.15, 0.2) is 5.82 Å². The zero-order chi connectivity index (χ0) is 22.7. The molecule has 1 atom stereocenters. The molecule has 0 aliphatic carbocycles. The van der Waals surface area contributed by atoms with Crippen LogP contribution >= 0.6 is 0 Å². The number of rotatable bonds is 6. The van der Waals surface area contributed by atoms with E-state index in [-0.39, 0.29) is 23.8 Å². The first-order chi connectivity index (χ1) is 15.4. The number of aromatic nitrogens is 3. The number of hydrogen-bond acceptors (Lipinski definition) is 6. The minimum Gasteiger partial charge on any atom is -0.339 e. The molecular formula is C24H29N5O3. The molecule has 1 aliphatic heterocycles. The molecule has 2 amide bonds. The predicted molar refractivity (Wildman–Crippen MR) is 120 cm³/mol. The summed E-state index contributed by atoms with van der Waals surface area (Å²) in [4.78, 5) is 38.0. The second-order valence-corrected chi connectivity index (χ2v) is 8.62. The van der Waals surface area contributed by atoms with E-state index in [1.807, 2.05) is 54.0 Å². The van der Waals surface area contributed by atoms with Gasteiger partial charge >= 0.3 is 0 Å². The zero-order valence-electron chi connectivity index (χ0n) is 18.8. The van der Waals surface area contributed by atoms with E-state index in [1.165, 1.54) is 0 Å². The molecule has 1 aliphatic rings. The lowest BCUT2D eigenvalue weighted by Gasteiger charge is -2.39. The van der Waals surface area contributed by atoms with Crippen LogP contribution in [0.15, 0.2) is 41.1 Å². The summed E-state index contributed by atoms with van der Waals surface area (Å²) in [7, 11) is 0. The van der Waals surface area contributed by atoms with E-state index in [4.69, 9.17) is 4.52 Å². The fourth-order valence-electron chi connectivity index (χ4n) is 4.21. The first kappa shape index (κ1) is 21.9. The number of hydrogen-bond donors (Lipinski definition) is 0. The van der Waals surface area contributed by atoms with Crippen molar-refractivity contribution in [3.8, 4) is 0 Å². The van der Waals surface area contributed by atoms with Gasteiger partial charge in [-0.15, -0.1) is 0 Å². The van der Waals surface area contributed by atoms with Gasteiger partial charge in [-0.3, -0.25) is 14.6 Å². The molecule has 4 rings (SSSR count). The Morgan fingerprint density at radius 1 is 1.28 bits per heavy atom. The highest BCUT2D eigenvalue weighted by atomic mass is 16.5. The number of benzene rings is 1. The van der Waals surface area contributed by atoms with E-state index in [2.05, 4.69) is 15.1 Å². The zero-order valence-corrected chi connectivity index (χ0v) is 18.8. The Bertz CT molecular complexity index is 1110. The second kappa shape index (κ2) is 9.46. The van der Waals surface area contributed by atoms with Crippen LogP contribution in [0, 0.1) is 0 Å². The van der Waals surface area contributed by atoms with Crippen molar-refractivity contribution >= 4 is 22.7 Å². The SMILES string of the molecule is CC(=O)N(CCc1noc(C(C)C)n1)C1CCCN(C(=O)c2ccc3ncccc3c2)C1. The van der Waals surface area contributed by atoms with Crippen LogP contribution in [-0.2, 0) is 11.2 Å². The van der Waals surface area contributed by atoms with E-state index in [9.17, 15) is 9.59 Å². The number of piperidine rings is 1. The smallest absolute Gasteiger partial charge is 0.253 e. The fraction of sp³-hybridized carbons (Fsp3) is 0.458. The minimum atomic E-state index is -0.0243. The minimum absolute atomic E-state index is 0.00587. The molecule has 8 heteroatoms. The third-order valence-corrected chi connectivity index (χ3v) is 5.93. The maximum absolute atomic E-state index is 13.2. The maximum Gasteiger partial charge on any atom is 0.253 e. The van der Waals surface area contributed by atoms with Crippen LogP contribution in [0.2, 0.25) is 0 Å². The highest BCUT2D eigenvalue weighted by molar-refractivity contribution is 5.98. The fourth-order valence-corrected chi connectivity index (χ4v) is 4.21. The molecule has 3 aromatic rings. The Hall–Kier alpha value is -3.29. The first-order valence-electron chi connectivity index (χ1n) is 11.2. The normalized spacial score (nSPS) is 16.5. The van der Waals surface area contributed by atoms with Gasteiger partial charge in [-0.05, 0) is 37.1 Å². The summed E-state index contributed by atoms with van der Waals surface area (Å²) in [5.41, 5.74) is 1.51. The predicted octanol–water partition coefficient (Wildman–Crippen LogP) is 3.44. The Kier molecular flexibility index (Phi) is 6.48. The summed E-state index contributed by atoms with van der Waals surface area (Å²) in [6, 6.07) is 9.39. The second-order valence-electron chi connectivity index (χ2n) is 8.62. The van der Waals surface area contributed by atoms with Crippen LogP contribution in [0.1, 0.15) is 61.6 Å². The molecule has 0 spiro atoms. The van der Waals surface area contributed by atoms with Crippen molar-refractivity contribution in [3.63, 3.8) is 0 Å². The van der Waals surface area contributed by atoms with Gasteiger partial charge in [-0.1, -0.05) is 25.1 Å². The van der Waals surface area contributed by atoms with Crippen LogP contribution < -0.4 is 0 Å². The van der Waals surface area contributed by atoms with Gasteiger partial charge in [0, 0.05) is 62.1 Å². The van der Waals surface area contributed by atoms with Crippen LogP contribution in [-0.4, -0.2) is 62.4 Å². The maximum atomic E-state index is 13.2. The molecule has 32 heavy (non-hydrogen) atoms. The lowest BCUT2D eigenvalue weighted by atomic mass is 10.0. The van der Waals surface area contributed by atoms with Gasteiger partial charge in [-0.2, -0.15) is 4.98 Å².